The summed E-state index contributed by atoms with van der Waals surface area (Å²) < 4.78 is 7.40. The number of para-hydroxylation sites is 1. The van der Waals surface area contributed by atoms with Gasteiger partial charge in [0.05, 0.1) is 18.6 Å². The smallest absolute Gasteiger partial charge is 0.308 e. The van der Waals surface area contributed by atoms with E-state index in [2.05, 4.69) is 20.8 Å². The molecule has 1 aromatic carbocycles. The summed E-state index contributed by atoms with van der Waals surface area (Å²) in [6.07, 6.45) is 3.71. The van der Waals surface area contributed by atoms with Crippen LogP contribution in [0.1, 0.15) is 42.6 Å². The molecule has 1 aliphatic heterocycles. The van der Waals surface area contributed by atoms with Crippen molar-refractivity contribution in [2.24, 2.45) is 5.92 Å². The van der Waals surface area contributed by atoms with E-state index < -0.39 is 11.9 Å². The zero-order valence-electron chi connectivity index (χ0n) is 16.2. The Balaban J connectivity index is 1.87. The first-order valence-corrected chi connectivity index (χ1v) is 9.06. The Kier molecular flexibility index (Phi) is 5.00. The van der Waals surface area contributed by atoms with E-state index in [0.29, 0.717) is 17.9 Å². The molecule has 0 saturated carbocycles. The number of carboxylic acid groups (broad SMARTS) is 1. The molecular weight excluding hydrogens is 344 g/mol. The molecule has 1 amide bonds. The van der Waals surface area contributed by atoms with Crippen molar-refractivity contribution < 1.29 is 19.4 Å². The van der Waals surface area contributed by atoms with Gasteiger partial charge in [0.25, 0.3) is 5.91 Å². The van der Waals surface area contributed by atoms with Crippen LogP contribution in [0.3, 0.4) is 0 Å². The lowest BCUT2D eigenvalue weighted by molar-refractivity contribution is -0.141. The van der Waals surface area contributed by atoms with Gasteiger partial charge in [0.15, 0.2) is 0 Å². The molecule has 1 aliphatic rings. The van der Waals surface area contributed by atoms with E-state index in [0.717, 1.165) is 5.56 Å². The van der Waals surface area contributed by atoms with Crippen LogP contribution in [0.5, 0.6) is 5.75 Å². The fourth-order valence-corrected chi connectivity index (χ4v) is 3.63. The zero-order valence-corrected chi connectivity index (χ0v) is 16.2. The van der Waals surface area contributed by atoms with Crippen LogP contribution in [0.25, 0.3) is 0 Å². The molecule has 1 fully saturated rings. The highest BCUT2D eigenvalue weighted by Gasteiger charge is 2.42. The number of amides is 1. The summed E-state index contributed by atoms with van der Waals surface area (Å²) in [6.45, 7) is 6.74. The zero-order chi connectivity index (χ0) is 19.8. The van der Waals surface area contributed by atoms with Crippen molar-refractivity contribution in [2.45, 2.75) is 32.2 Å². The maximum Gasteiger partial charge on any atom is 0.308 e. The number of rotatable bonds is 4. The Morgan fingerprint density at radius 2 is 1.85 bits per heavy atom. The third-order valence-electron chi connectivity index (χ3n) is 5.18. The number of carbonyl (C=O) groups excluding carboxylic acids is 1. The third kappa shape index (κ3) is 3.70. The summed E-state index contributed by atoms with van der Waals surface area (Å²) in [5.74, 6) is -1.33. The van der Waals surface area contributed by atoms with Gasteiger partial charge < -0.3 is 19.3 Å². The molecule has 2 heterocycles. The van der Waals surface area contributed by atoms with Gasteiger partial charge in [0.1, 0.15) is 5.75 Å². The van der Waals surface area contributed by atoms with E-state index in [4.69, 9.17) is 4.74 Å². The van der Waals surface area contributed by atoms with Crippen molar-refractivity contribution in [3.8, 4) is 5.75 Å². The highest BCUT2D eigenvalue weighted by Crippen LogP contribution is 2.38. The number of ether oxygens (including phenoxy) is 1. The fraction of sp³-hybridized carbons (Fsp3) is 0.429. The summed E-state index contributed by atoms with van der Waals surface area (Å²) in [6, 6.07) is 9.21. The van der Waals surface area contributed by atoms with Gasteiger partial charge in [-0.05, 0) is 38.5 Å². The van der Waals surface area contributed by atoms with Gasteiger partial charge in [-0.2, -0.15) is 0 Å². The molecule has 0 unspecified atom stereocenters. The van der Waals surface area contributed by atoms with Crippen LogP contribution >= 0.6 is 0 Å². The fourth-order valence-electron chi connectivity index (χ4n) is 3.63. The molecule has 3 rings (SSSR count). The van der Waals surface area contributed by atoms with Gasteiger partial charge in [-0.15, -0.1) is 0 Å². The molecule has 0 radical (unpaired) electrons. The molecule has 1 saturated heterocycles. The molecule has 0 aliphatic carbocycles. The van der Waals surface area contributed by atoms with Gasteiger partial charge in [0, 0.05) is 36.9 Å². The van der Waals surface area contributed by atoms with Gasteiger partial charge in [-0.1, -0.05) is 18.2 Å². The number of hydrogen-bond acceptors (Lipinski definition) is 3. The van der Waals surface area contributed by atoms with E-state index in [9.17, 15) is 14.7 Å². The number of carboxylic acids is 1. The lowest BCUT2D eigenvalue weighted by Gasteiger charge is -2.21. The van der Waals surface area contributed by atoms with Crippen LogP contribution in [0.2, 0.25) is 0 Å². The van der Waals surface area contributed by atoms with Crippen molar-refractivity contribution in [3.05, 3.63) is 53.9 Å². The van der Waals surface area contributed by atoms with Crippen LogP contribution in [-0.4, -0.2) is 46.6 Å². The lowest BCUT2D eigenvalue weighted by Crippen LogP contribution is -2.30. The summed E-state index contributed by atoms with van der Waals surface area (Å²) in [4.78, 5) is 26.5. The van der Waals surface area contributed by atoms with Gasteiger partial charge >= 0.3 is 5.97 Å². The molecule has 1 aromatic heterocycles. The Bertz CT molecular complexity index is 850. The molecule has 27 heavy (non-hydrogen) atoms. The van der Waals surface area contributed by atoms with E-state index in [-0.39, 0.29) is 23.9 Å². The van der Waals surface area contributed by atoms with Crippen LogP contribution < -0.4 is 4.74 Å². The van der Waals surface area contributed by atoms with E-state index in [1.165, 1.54) is 0 Å². The van der Waals surface area contributed by atoms with Crippen LogP contribution in [0, 0.1) is 5.92 Å². The van der Waals surface area contributed by atoms with Crippen molar-refractivity contribution >= 4 is 11.9 Å². The number of hydrogen-bond donors (Lipinski definition) is 1. The minimum Gasteiger partial charge on any atom is -0.496 e. The number of benzene rings is 1. The lowest BCUT2D eigenvalue weighted by atomic mass is 9.88. The number of aliphatic carboxylic acids is 1. The summed E-state index contributed by atoms with van der Waals surface area (Å²) in [5.41, 5.74) is 1.29. The van der Waals surface area contributed by atoms with E-state index in [1.807, 2.05) is 41.2 Å². The minimum atomic E-state index is -0.895. The standard InChI is InChI=1S/C21H26N2O4/c1-21(2,3)23-10-9-14(11-23)19(24)22-12-16(17(13-22)20(25)26)15-7-5-6-8-18(15)27-4/h5-11,16-17H,12-13H2,1-4H3,(H,25,26)/t16-,17+/m0/s1. The van der Waals surface area contributed by atoms with Crippen LogP contribution in [0.4, 0.5) is 0 Å². The SMILES string of the molecule is COc1ccccc1[C@@H]1CN(C(=O)c2ccn(C(C)(C)C)c2)C[C@H]1C(=O)O. The average molecular weight is 370 g/mol. The molecule has 0 spiro atoms. The van der Waals surface area contributed by atoms with Gasteiger partial charge in [-0.25, -0.2) is 0 Å². The van der Waals surface area contributed by atoms with E-state index in [1.54, 1.807) is 18.1 Å². The molecule has 0 bridgehead atoms. The monoisotopic (exact) mass is 370 g/mol. The van der Waals surface area contributed by atoms with E-state index >= 15 is 0 Å². The third-order valence-corrected chi connectivity index (χ3v) is 5.18. The summed E-state index contributed by atoms with van der Waals surface area (Å²) in [5, 5.41) is 9.71. The van der Waals surface area contributed by atoms with Crippen molar-refractivity contribution in [1.82, 2.24) is 9.47 Å². The predicted octanol–water partition coefficient (Wildman–Crippen LogP) is 3.19. The number of likely N-dealkylation sites (tertiary alicyclic amines) is 1. The minimum absolute atomic E-state index is 0.118. The number of carbonyl (C=O) groups is 2. The highest BCUT2D eigenvalue weighted by molar-refractivity contribution is 5.95. The number of aromatic nitrogens is 1. The van der Waals surface area contributed by atoms with Gasteiger partial charge in [-0.3, -0.25) is 9.59 Å². The molecule has 144 valence electrons. The predicted molar refractivity (Wildman–Crippen MR) is 102 cm³/mol. The summed E-state index contributed by atoms with van der Waals surface area (Å²) >= 11 is 0. The molecular formula is C21H26N2O4. The quantitative estimate of drug-likeness (QED) is 0.897. The first-order valence-electron chi connectivity index (χ1n) is 9.06. The molecule has 6 heteroatoms. The van der Waals surface area contributed by atoms with Crippen molar-refractivity contribution in [1.29, 1.82) is 0 Å². The van der Waals surface area contributed by atoms with Crippen LogP contribution in [0.15, 0.2) is 42.7 Å². The van der Waals surface area contributed by atoms with Crippen molar-refractivity contribution in [2.75, 3.05) is 20.2 Å². The summed E-state index contributed by atoms with van der Waals surface area (Å²) in [7, 11) is 1.57. The average Bonchev–Trinajstić information content (AvgIpc) is 3.28. The van der Waals surface area contributed by atoms with Gasteiger partial charge in [0.2, 0.25) is 0 Å². The Labute approximate surface area is 159 Å². The van der Waals surface area contributed by atoms with Crippen LogP contribution in [-0.2, 0) is 10.3 Å². The molecule has 2 atom stereocenters. The largest absolute Gasteiger partial charge is 0.496 e. The highest BCUT2D eigenvalue weighted by atomic mass is 16.5. The second-order valence-corrected chi connectivity index (χ2v) is 7.98. The molecule has 6 nitrogen and oxygen atoms in total. The maximum atomic E-state index is 13.0. The first-order chi connectivity index (χ1) is 12.7. The Hall–Kier alpha value is -2.76. The Morgan fingerprint density at radius 1 is 1.15 bits per heavy atom. The Morgan fingerprint density at radius 3 is 2.44 bits per heavy atom. The topological polar surface area (TPSA) is 71.8 Å². The second kappa shape index (κ2) is 7.10. The number of nitrogens with zero attached hydrogens (tertiary/aromatic N) is 2. The molecule has 1 N–H and O–H groups in total. The maximum absolute atomic E-state index is 13.0. The normalized spacial score (nSPS) is 19.9. The molecule has 2 aromatic rings. The first kappa shape index (κ1) is 19.0. The number of methoxy groups -OCH3 is 1. The van der Waals surface area contributed by atoms with Crippen molar-refractivity contribution in [3.63, 3.8) is 0 Å². The second-order valence-electron chi connectivity index (χ2n) is 7.98.